The monoisotopic (exact) mass is 428 g/mol. The maximum Gasteiger partial charge on any atom is -0.0295 e. The molecule has 0 N–H and O–H groups in total. The molecule has 1 aliphatic carbocycles. The van der Waals surface area contributed by atoms with Crippen LogP contribution >= 0.6 is 15.8 Å². The second kappa shape index (κ2) is 18.6. The van der Waals surface area contributed by atoms with Crippen molar-refractivity contribution in [3.8, 4) is 0 Å². The number of unbranched alkanes of at least 4 members (excludes halogenated alkanes) is 8. The van der Waals surface area contributed by atoms with Crippen LogP contribution in [-0.2, 0) is 0 Å². The van der Waals surface area contributed by atoms with E-state index in [1.54, 1.807) is 49.8 Å². The fourth-order valence-electron chi connectivity index (χ4n) is 4.71. The minimum Gasteiger partial charge on any atom is -0.106 e. The average molecular weight is 429 g/mol. The third kappa shape index (κ3) is 12.5. The smallest absolute Gasteiger partial charge is 0.0295 e. The Kier molecular flexibility index (Phi) is 17.9. The summed E-state index contributed by atoms with van der Waals surface area (Å²) < 4.78 is 0. The van der Waals surface area contributed by atoms with Crippen molar-refractivity contribution >= 4 is 15.8 Å². The van der Waals surface area contributed by atoms with Crippen LogP contribution in [0, 0.1) is 11.8 Å². The summed E-state index contributed by atoms with van der Waals surface area (Å²) in [5, 5.41) is 0. The third-order valence-electron chi connectivity index (χ3n) is 6.87. The highest BCUT2D eigenvalue weighted by molar-refractivity contribution is 7.58. The molecule has 0 aromatic rings. The van der Waals surface area contributed by atoms with Crippen LogP contribution in [0.4, 0.5) is 0 Å². The van der Waals surface area contributed by atoms with Crippen molar-refractivity contribution in [2.45, 2.75) is 118 Å². The normalized spacial score (nSPS) is 19.5. The van der Waals surface area contributed by atoms with Crippen LogP contribution in [0.1, 0.15) is 118 Å². The van der Waals surface area contributed by atoms with Gasteiger partial charge in [-0.05, 0) is 87.3 Å². The molecule has 0 spiro atoms. The molecule has 1 aliphatic rings. The molecule has 2 heteroatoms. The lowest BCUT2D eigenvalue weighted by Gasteiger charge is -2.41. The summed E-state index contributed by atoms with van der Waals surface area (Å²) in [7, 11) is 0.701. The standard InChI is InChI=1S/C26H54P2/c1-5-9-13-19-27(20-14-10-6-2)23-25-17-18-26(25)24-28(21-15-11-7-3)22-16-12-8-4/h25-26H,5-24H2,1-4H3/t25-,26-/m0/s1. The maximum atomic E-state index is 2.36. The largest absolute Gasteiger partial charge is 0.106 e. The first-order valence-electron chi connectivity index (χ1n) is 13.2. The second-order valence-electron chi connectivity index (χ2n) is 9.53. The summed E-state index contributed by atoms with van der Waals surface area (Å²) in [6.07, 6.45) is 30.4. The highest BCUT2D eigenvalue weighted by atomic mass is 31.1. The molecule has 2 atom stereocenters. The lowest BCUT2D eigenvalue weighted by molar-refractivity contribution is 0.226. The fraction of sp³-hybridized carbons (Fsp3) is 1.00. The van der Waals surface area contributed by atoms with Crippen molar-refractivity contribution in [1.82, 2.24) is 0 Å². The van der Waals surface area contributed by atoms with Crippen molar-refractivity contribution in [2.75, 3.05) is 37.0 Å². The Morgan fingerprint density at radius 1 is 0.464 bits per heavy atom. The van der Waals surface area contributed by atoms with Gasteiger partial charge in [0.1, 0.15) is 0 Å². The van der Waals surface area contributed by atoms with Crippen LogP contribution in [-0.4, -0.2) is 37.0 Å². The molecule has 0 saturated heterocycles. The van der Waals surface area contributed by atoms with Gasteiger partial charge in [-0.25, -0.2) is 0 Å². The van der Waals surface area contributed by atoms with Crippen molar-refractivity contribution in [3.05, 3.63) is 0 Å². The van der Waals surface area contributed by atoms with E-state index in [0.29, 0.717) is 15.8 Å². The zero-order chi connectivity index (χ0) is 20.5. The van der Waals surface area contributed by atoms with Gasteiger partial charge >= 0.3 is 0 Å². The molecule has 1 fully saturated rings. The number of hydrogen-bond donors (Lipinski definition) is 0. The van der Waals surface area contributed by atoms with Crippen molar-refractivity contribution in [2.24, 2.45) is 11.8 Å². The predicted molar refractivity (Wildman–Crippen MR) is 137 cm³/mol. The zero-order valence-electron chi connectivity index (χ0n) is 20.2. The van der Waals surface area contributed by atoms with Gasteiger partial charge in [-0.3, -0.25) is 0 Å². The number of rotatable bonds is 20. The summed E-state index contributed by atoms with van der Waals surface area (Å²) in [6, 6.07) is 0. The van der Waals surface area contributed by atoms with E-state index >= 15 is 0 Å². The van der Waals surface area contributed by atoms with E-state index in [4.69, 9.17) is 0 Å². The highest BCUT2D eigenvalue weighted by Crippen LogP contribution is 2.52. The molecule has 1 saturated carbocycles. The van der Waals surface area contributed by atoms with Gasteiger partial charge in [-0.2, -0.15) is 0 Å². The summed E-state index contributed by atoms with van der Waals surface area (Å²) >= 11 is 0. The van der Waals surface area contributed by atoms with Crippen LogP contribution in [0.3, 0.4) is 0 Å². The summed E-state index contributed by atoms with van der Waals surface area (Å²) in [5.41, 5.74) is 0. The molecule has 0 aromatic heterocycles. The Bertz CT molecular complexity index is 278. The molecule has 0 amide bonds. The van der Waals surface area contributed by atoms with Gasteiger partial charge in [-0.15, -0.1) is 15.8 Å². The first-order chi connectivity index (χ1) is 13.7. The molecule has 0 aromatic carbocycles. The molecule has 0 bridgehead atoms. The second-order valence-corrected chi connectivity index (χ2v) is 14.7. The van der Waals surface area contributed by atoms with Gasteiger partial charge in [0.25, 0.3) is 0 Å². The first kappa shape index (κ1) is 26.9. The van der Waals surface area contributed by atoms with E-state index in [2.05, 4.69) is 27.7 Å². The molecule has 1 rings (SSSR count). The molecular weight excluding hydrogens is 374 g/mol. The van der Waals surface area contributed by atoms with Gasteiger partial charge in [0.15, 0.2) is 0 Å². The quantitative estimate of drug-likeness (QED) is 0.134. The Morgan fingerprint density at radius 3 is 0.964 bits per heavy atom. The molecule has 0 unspecified atom stereocenters. The Balaban J connectivity index is 2.44. The SMILES string of the molecule is CCCCCP(CCCCC)C[C@@H]1CC[C@H]1CP(CCCCC)CCCCC. The van der Waals surface area contributed by atoms with Crippen molar-refractivity contribution in [3.63, 3.8) is 0 Å². The van der Waals surface area contributed by atoms with Gasteiger partial charge in [0.2, 0.25) is 0 Å². The van der Waals surface area contributed by atoms with Crippen LogP contribution in [0.15, 0.2) is 0 Å². The molecule has 0 heterocycles. The molecular formula is C26H54P2. The molecule has 0 aliphatic heterocycles. The Morgan fingerprint density at radius 2 is 0.750 bits per heavy atom. The summed E-state index contributed by atoms with van der Waals surface area (Å²) in [4.78, 5) is 0. The lowest BCUT2D eigenvalue weighted by Crippen LogP contribution is -2.31. The Hall–Kier alpha value is 0.860. The highest BCUT2D eigenvalue weighted by Gasteiger charge is 2.33. The van der Waals surface area contributed by atoms with E-state index in [1.807, 2.05) is 0 Å². The van der Waals surface area contributed by atoms with Gasteiger partial charge in [0.05, 0.1) is 0 Å². The van der Waals surface area contributed by atoms with Crippen LogP contribution in [0.25, 0.3) is 0 Å². The summed E-state index contributed by atoms with van der Waals surface area (Å²) in [6.45, 7) is 9.45. The van der Waals surface area contributed by atoms with Crippen LogP contribution in [0.2, 0.25) is 0 Å². The van der Waals surface area contributed by atoms with Crippen LogP contribution in [0.5, 0.6) is 0 Å². The topological polar surface area (TPSA) is 0 Å². The van der Waals surface area contributed by atoms with E-state index in [9.17, 15) is 0 Å². The minimum atomic E-state index is 0.350. The maximum absolute atomic E-state index is 2.36. The van der Waals surface area contributed by atoms with E-state index in [1.165, 1.54) is 77.0 Å². The molecule has 0 radical (unpaired) electrons. The number of hydrogen-bond acceptors (Lipinski definition) is 0. The summed E-state index contributed by atoms with van der Waals surface area (Å²) in [5.74, 6) is 2.27. The first-order valence-corrected chi connectivity index (χ1v) is 17.0. The zero-order valence-corrected chi connectivity index (χ0v) is 22.0. The van der Waals surface area contributed by atoms with Gasteiger partial charge < -0.3 is 0 Å². The van der Waals surface area contributed by atoms with Crippen molar-refractivity contribution < 1.29 is 0 Å². The minimum absolute atomic E-state index is 0.350. The Labute approximate surface area is 182 Å². The van der Waals surface area contributed by atoms with E-state index in [-0.39, 0.29) is 0 Å². The van der Waals surface area contributed by atoms with E-state index < -0.39 is 0 Å². The van der Waals surface area contributed by atoms with Gasteiger partial charge in [-0.1, -0.05) is 79.1 Å². The lowest BCUT2D eigenvalue weighted by atomic mass is 9.76. The molecule has 28 heavy (non-hydrogen) atoms. The molecule has 0 nitrogen and oxygen atoms in total. The average Bonchev–Trinajstić information content (AvgIpc) is 2.69. The van der Waals surface area contributed by atoms with Crippen molar-refractivity contribution in [1.29, 1.82) is 0 Å². The van der Waals surface area contributed by atoms with Crippen LogP contribution < -0.4 is 0 Å². The predicted octanol–water partition coefficient (Wildman–Crippen LogP) is 9.74. The third-order valence-corrected chi connectivity index (χ3v) is 12.6. The molecule has 168 valence electrons. The van der Waals surface area contributed by atoms with Gasteiger partial charge in [0, 0.05) is 0 Å². The van der Waals surface area contributed by atoms with E-state index in [0.717, 1.165) is 11.8 Å². The fourth-order valence-corrected chi connectivity index (χ4v) is 10.9.